The summed E-state index contributed by atoms with van der Waals surface area (Å²) in [5.74, 6) is 0. The van der Waals surface area contributed by atoms with Crippen LogP contribution < -0.4 is 5.73 Å². The second-order valence-electron chi connectivity index (χ2n) is 5.55. The molecule has 0 bridgehead atoms. The summed E-state index contributed by atoms with van der Waals surface area (Å²) in [6.45, 7) is 5.74. The Hall–Kier alpha value is -1.61. The van der Waals surface area contributed by atoms with E-state index in [0.29, 0.717) is 6.54 Å². The lowest BCUT2D eigenvalue weighted by molar-refractivity contribution is 0.624. The van der Waals surface area contributed by atoms with E-state index in [1.54, 1.807) is 0 Å². The van der Waals surface area contributed by atoms with Gasteiger partial charge in [0.2, 0.25) is 0 Å². The molecule has 21 heavy (non-hydrogen) atoms. The van der Waals surface area contributed by atoms with E-state index in [-0.39, 0.29) is 0 Å². The number of hydrogen-bond donors (Lipinski definition) is 1. The van der Waals surface area contributed by atoms with Gasteiger partial charge >= 0.3 is 0 Å². The van der Waals surface area contributed by atoms with Gasteiger partial charge in [0.15, 0.2) is 0 Å². The molecule has 1 aromatic carbocycles. The summed E-state index contributed by atoms with van der Waals surface area (Å²) in [4.78, 5) is 0. The third-order valence-electron chi connectivity index (χ3n) is 3.94. The molecule has 0 atom stereocenters. The van der Waals surface area contributed by atoms with Crippen molar-refractivity contribution in [2.45, 2.75) is 59.0 Å². The Morgan fingerprint density at radius 2 is 1.81 bits per heavy atom. The maximum absolute atomic E-state index is 5.76. The molecule has 114 valence electrons. The number of aryl methyl sites for hydroxylation is 2. The Morgan fingerprint density at radius 3 is 2.38 bits per heavy atom. The normalized spacial score (nSPS) is 11.0. The van der Waals surface area contributed by atoms with Gasteiger partial charge in [-0.25, -0.2) is 0 Å². The number of nitrogens with zero attached hydrogens (tertiary/aromatic N) is 2. The summed E-state index contributed by atoms with van der Waals surface area (Å²) in [6, 6.07) is 10.9. The highest BCUT2D eigenvalue weighted by Crippen LogP contribution is 2.20. The van der Waals surface area contributed by atoms with Gasteiger partial charge in [0.1, 0.15) is 0 Å². The lowest BCUT2D eigenvalue weighted by Gasteiger charge is -2.03. The smallest absolute Gasteiger partial charge is 0.0926 e. The Morgan fingerprint density at radius 1 is 1.05 bits per heavy atom. The van der Waals surface area contributed by atoms with Crippen molar-refractivity contribution in [3.63, 3.8) is 0 Å². The zero-order valence-corrected chi connectivity index (χ0v) is 13.3. The number of benzene rings is 1. The van der Waals surface area contributed by atoms with Crippen molar-refractivity contribution < 1.29 is 0 Å². The SMILES string of the molecule is CCCCCCc1ccc(-c2cc(CN)n(CC)n2)cc1. The highest BCUT2D eigenvalue weighted by molar-refractivity contribution is 5.59. The Kier molecular flexibility index (Phi) is 6.00. The third-order valence-corrected chi connectivity index (χ3v) is 3.94. The molecule has 0 saturated carbocycles. The van der Waals surface area contributed by atoms with E-state index in [1.807, 2.05) is 4.68 Å². The summed E-state index contributed by atoms with van der Waals surface area (Å²) in [7, 11) is 0. The second kappa shape index (κ2) is 7.99. The molecular formula is C18H27N3. The number of nitrogens with two attached hydrogens (primary N) is 1. The number of unbranched alkanes of at least 4 members (excludes halogenated alkanes) is 3. The first-order valence-corrected chi connectivity index (χ1v) is 8.14. The van der Waals surface area contributed by atoms with Crippen LogP contribution in [0.3, 0.4) is 0 Å². The maximum atomic E-state index is 5.76. The molecule has 0 spiro atoms. The fourth-order valence-corrected chi connectivity index (χ4v) is 2.63. The molecule has 3 heteroatoms. The largest absolute Gasteiger partial charge is 0.325 e. The highest BCUT2D eigenvalue weighted by atomic mass is 15.3. The van der Waals surface area contributed by atoms with Crippen LogP contribution in [0.1, 0.15) is 50.8 Å². The maximum Gasteiger partial charge on any atom is 0.0926 e. The summed E-state index contributed by atoms with van der Waals surface area (Å²) in [5, 5.41) is 4.62. The van der Waals surface area contributed by atoms with Crippen molar-refractivity contribution >= 4 is 0 Å². The summed E-state index contributed by atoms with van der Waals surface area (Å²) < 4.78 is 1.98. The van der Waals surface area contributed by atoms with Crippen molar-refractivity contribution in [3.05, 3.63) is 41.6 Å². The zero-order valence-electron chi connectivity index (χ0n) is 13.3. The van der Waals surface area contributed by atoms with Crippen molar-refractivity contribution in [3.8, 4) is 11.3 Å². The average molecular weight is 285 g/mol. The lowest BCUT2D eigenvalue weighted by atomic mass is 10.0. The minimum atomic E-state index is 0.538. The number of aromatic nitrogens is 2. The van der Waals surface area contributed by atoms with Gasteiger partial charge in [-0.1, -0.05) is 50.5 Å². The molecule has 2 N–H and O–H groups in total. The van der Waals surface area contributed by atoms with Gasteiger partial charge in [0.05, 0.1) is 11.4 Å². The first kappa shape index (κ1) is 15.8. The van der Waals surface area contributed by atoms with E-state index in [2.05, 4.69) is 49.3 Å². The minimum Gasteiger partial charge on any atom is -0.325 e. The third kappa shape index (κ3) is 4.18. The molecule has 0 fully saturated rings. The highest BCUT2D eigenvalue weighted by Gasteiger charge is 2.07. The van der Waals surface area contributed by atoms with Gasteiger partial charge in [-0.15, -0.1) is 0 Å². The Labute approximate surface area is 128 Å². The molecule has 2 aromatic rings. The Bertz CT molecular complexity index is 519. The van der Waals surface area contributed by atoms with Gasteiger partial charge in [-0.2, -0.15) is 5.10 Å². The van der Waals surface area contributed by atoms with E-state index in [0.717, 1.165) is 17.9 Å². The van der Waals surface area contributed by atoms with Crippen molar-refractivity contribution in [2.75, 3.05) is 0 Å². The van der Waals surface area contributed by atoms with Crippen LogP contribution in [0, 0.1) is 0 Å². The lowest BCUT2D eigenvalue weighted by Crippen LogP contribution is -2.06. The molecule has 0 amide bonds. The van der Waals surface area contributed by atoms with E-state index >= 15 is 0 Å². The van der Waals surface area contributed by atoms with E-state index in [4.69, 9.17) is 5.73 Å². The molecule has 0 aliphatic carbocycles. The number of rotatable bonds is 8. The van der Waals surface area contributed by atoms with Gasteiger partial charge in [-0.05, 0) is 31.4 Å². The van der Waals surface area contributed by atoms with Crippen molar-refractivity contribution in [2.24, 2.45) is 5.73 Å². The van der Waals surface area contributed by atoms with E-state index in [9.17, 15) is 0 Å². The number of hydrogen-bond acceptors (Lipinski definition) is 2. The predicted octanol–water partition coefficient (Wildman–Crippen LogP) is 4.15. The average Bonchev–Trinajstić information content (AvgIpc) is 2.95. The topological polar surface area (TPSA) is 43.8 Å². The Balaban J connectivity index is 2.03. The first-order valence-electron chi connectivity index (χ1n) is 8.14. The van der Waals surface area contributed by atoms with Crippen molar-refractivity contribution in [1.29, 1.82) is 0 Å². The molecular weight excluding hydrogens is 258 g/mol. The van der Waals surface area contributed by atoms with Crippen LogP contribution in [0.2, 0.25) is 0 Å². The minimum absolute atomic E-state index is 0.538. The standard InChI is InChI=1S/C18H27N3/c1-3-5-6-7-8-15-9-11-16(12-10-15)18-13-17(14-19)21(4-2)20-18/h9-13H,3-8,14,19H2,1-2H3. The molecule has 0 aliphatic heterocycles. The fourth-order valence-electron chi connectivity index (χ4n) is 2.63. The quantitative estimate of drug-likeness (QED) is 0.740. The molecule has 0 aliphatic rings. The van der Waals surface area contributed by atoms with E-state index in [1.165, 1.54) is 43.2 Å². The van der Waals surface area contributed by atoms with Crippen LogP contribution in [0.15, 0.2) is 30.3 Å². The van der Waals surface area contributed by atoms with Crippen LogP contribution >= 0.6 is 0 Å². The van der Waals surface area contributed by atoms with Crippen molar-refractivity contribution in [1.82, 2.24) is 9.78 Å². The van der Waals surface area contributed by atoms with Gasteiger partial charge < -0.3 is 5.73 Å². The first-order chi connectivity index (χ1) is 10.3. The monoisotopic (exact) mass is 285 g/mol. The van der Waals surface area contributed by atoms with Crippen LogP contribution in [-0.4, -0.2) is 9.78 Å². The van der Waals surface area contributed by atoms with Crippen LogP contribution in [0.25, 0.3) is 11.3 Å². The predicted molar refractivity (Wildman–Crippen MR) is 89.1 cm³/mol. The molecule has 1 heterocycles. The fraction of sp³-hybridized carbons (Fsp3) is 0.500. The van der Waals surface area contributed by atoms with E-state index < -0.39 is 0 Å². The summed E-state index contributed by atoms with van der Waals surface area (Å²) >= 11 is 0. The van der Waals surface area contributed by atoms with Crippen LogP contribution in [0.5, 0.6) is 0 Å². The molecule has 2 rings (SSSR count). The molecule has 0 unspecified atom stereocenters. The summed E-state index contributed by atoms with van der Waals surface area (Å²) in [6.07, 6.45) is 6.43. The van der Waals surface area contributed by atoms with Gasteiger partial charge in [-0.3, -0.25) is 4.68 Å². The van der Waals surface area contributed by atoms with Crippen LogP contribution in [0.4, 0.5) is 0 Å². The molecule has 1 aromatic heterocycles. The molecule has 0 radical (unpaired) electrons. The summed E-state index contributed by atoms with van der Waals surface area (Å²) in [5.41, 5.74) is 10.5. The van der Waals surface area contributed by atoms with Gasteiger partial charge in [0.25, 0.3) is 0 Å². The second-order valence-corrected chi connectivity index (χ2v) is 5.55. The van der Waals surface area contributed by atoms with Gasteiger partial charge in [0, 0.05) is 18.7 Å². The van der Waals surface area contributed by atoms with Crippen LogP contribution in [-0.2, 0) is 19.5 Å². The molecule has 0 saturated heterocycles. The molecule has 3 nitrogen and oxygen atoms in total. The zero-order chi connectivity index (χ0) is 15.1.